The Kier molecular flexibility index (Phi) is 5.72. The molecular formula is C21H23F2N7O2. The maximum Gasteiger partial charge on any atom is 0.273 e. The summed E-state index contributed by atoms with van der Waals surface area (Å²) in [5.41, 5.74) is 1.89. The Balaban J connectivity index is 1.44. The van der Waals surface area contributed by atoms with E-state index in [-0.39, 0.29) is 17.8 Å². The van der Waals surface area contributed by atoms with Gasteiger partial charge in [0.25, 0.3) is 17.7 Å². The third-order valence-corrected chi connectivity index (χ3v) is 5.57. The van der Waals surface area contributed by atoms with Gasteiger partial charge in [-0.05, 0) is 12.5 Å². The van der Waals surface area contributed by atoms with Gasteiger partial charge in [-0.3, -0.25) is 14.3 Å². The first-order valence-corrected chi connectivity index (χ1v) is 10.1. The molecule has 1 aromatic carbocycles. The van der Waals surface area contributed by atoms with Gasteiger partial charge in [-0.25, -0.2) is 13.5 Å². The van der Waals surface area contributed by atoms with Gasteiger partial charge in [0.15, 0.2) is 5.69 Å². The molecule has 2 amide bonds. The number of nitrogens with one attached hydrogen (secondary N) is 1. The third-order valence-electron chi connectivity index (χ3n) is 5.57. The first-order chi connectivity index (χ1) is 15.2. The maximum atomic E-state index is 14.2. The van der Waals surface area contributed by atoms with Crippen molar-refractivity contribution in [2.75, 3.05) is 6.54 Å². The van der Waals surface area contributed by atoms with Crippen LogP contribution in [0.25, 0.3) is 0 Å². The molecule has 0 bridgehead atoms. The third kappa shape index (κ3) is 4.51. The minimum Gasteiger partial charge on any atom is -0.347 e. The average Bonchev–Trinajstić information content (AvgIpc) is 3.45. The standard InChI is InChI=1S/C21H23F2N7O2/c1-14-17(10-25-28(14)2)20(32)30-13-21(22,23)8-16(30)11-29-12-18(26-27-29)19(31)24-9-15-6-4-3-5-7-15/h3-7,10,12,16H,8-9,11,13H2,1-2H3,(H,24,31)/t16-/m0/s1. The van der Waals surface area contributed by atoms with E-state index in [9.17, 15) is 18.4 Å². The Hall–Kier alpha value is -3.63. The number of nitrogens with zero attached hydrogens (tertiary/aromatic N) is 6. The molecule has 3 heterocycles. The molecule has 0 saturated carbocycles. The predicted molar refractivity (Wildman–Crippen MR) is 110 cm³/mol. The minimum atomic E-state index is -3.01. The minimum absolute atomic E-state index is 0.000392. The summed E-state index contributed by atoms with van der Waals surface area (Å²) in [6.07, 6.45) is 2.29. The predicted octanol–water partition coefficient (Wildman–Crippen LogP) is 1.80. The highest BCUT2D eigenvalue weighted by Gasteiger charge is 2.47. The van der Waals surface area contributed by atoms with Crippen LogP contribution in [0.3, 0.4) is 0 Å². The highest BCUT2D eigenvalue weighted by molar-refractivity contribution is 5.95. The number of aromatic nitrogens is 5. The smallest absolute Gasteiger partial charge is 0.273 e. The van der Waals surface area contributed by atoms with E-state index in [0.717, 1.165) is 10.5 Å². The van der Waals surface area contributed by atoms with Gasteiger partial charge in [0, 0.05) is 25.7 Å². The summed E-state index contributed by atoms with van der Waals surface area (Å²) in [5.74, 6) is -3.93. The lowest BCUT2D eigenvalue weighted by Gasteiger charge is -2.23. The molecule has 1 saturated heterocycles. The molecule has 1 fully saturated rings. The fourth-order valence-electron chi connectivity index (χ4n) is 3.74. The zero-order valence-electron chi connectivity index (χ0n) is 17.7. The first kappa shape index (κ1) is 21.6. The van der Waals surface area contributed by atoms with Crippen LogP contribution in [0.5, 0.6) is 0 Å². The molecule has 2 aromatic heterocycles. The van der Waals surface area contributed by atoms with Crippen molar-refractivity contribution in [3.8, 4) is 0 Å². The number of hydrogen-bond acceptors (Lipinski definition) is 5. The van der Waals surface area contributed by atoms with Crippen LogP contribution < -0.4 is 5.32 Å². The highest BCUT2D eigenvalue weighted by atomic mass is 19.3. The Labute approximate surface area is 183 Å². The second kappa shape index (κ2) is 8.48. The summed E-state index contributed by atoms with van der Waals surface area (Å²) in [6.45, 7) is 1.36. The number of benzene rings is 1. The Bertz CT molecular complexity index is 1130. The zero-order chi connectivity index (χ0) is 22.9. The second-order valence-electron chi connectivity index (χ2n) is 7.91. The van der Waals surface area contributed by atoms with E-state index < -0.39 is 36.7 Å². The summed E-state index contributed by atoms with van der Waals surface area (Å²) in [6, 6.07) is 8.59. The van der Waals surface area contributed by atoms with Gasteiger partial charge in [0.05, 0.1) is 37.1 Å². The second-order valence-corrected chi connectivity index (χ2v) is 7.91. The van der Waals surface area contributed by atoms with Gasteiger partial charge in [0.2, 0.25) is 0 Å². The quantitative estimate of drug-likeness (QED) is 0.627. The molecular weight excluding hydrogens is 420 g/mol. The fourth-order valence-corrected chi connectivity index (χ4v) is 3.74. The molecule has 1 aliphatic rings. The monoisotopic (exact) mass is 443 g/mol. The van der Waals surface area contributed by atoms with Crippen molar-refractivity contribution in [3.63, 3.8) is 0 Å². The molecule has 0 radical (unpaired) electrons. The van der Waals surface area contributed by atoms with Crippen molar-refractivity contribution in [3.05, 3.63) is 65.2 Å². The van der Waals surface area contributed by atoms with Crippen LogP contribution in [-0.2, 0) is 20.1 Å². The Morgan fingerprint density at radius 3 is 2.69 bits per heavy atom. The van der Waals surface area contributed by atoms with Crippen molar-refractivity contribution in [2.45, 2.75) is 38.4 Å². The van der Waals surface area contributed by atoms with Gasteiger partial charge < -0.3 is 10.2 Å². The summed E-state index contributed by atoms with van der Waals surface area (Å²) < 4.78 is 31.2. The summed E-state index contributed by atoms with van der Waals surface area (Å²) in [4.78, 5) is 26.4. The van der Waals surface area contributed by atoms with E-state index in [1.54, 1.807) is 14.0 Å². The van der Waals surface area contributed by atoms with Crippen LogP contribution >= 0.6 is 0 Å². The topological polar surface area (TPSA) is 97.9 Å². The number of carbonyl (C=O) groups excluding carboxylic acids is 2. The van der Waals surface area contributed by atoms with Crippen LogP contribution in [0, 0.1) is 6.92 Å². The van der Waals surface area contributed by atoms with Crippen molar-refractivity contribution < 1.29 is 18.4 Å². The van der Waals surface area contributed by atoms with Gasteiger partial charge >= 0.3 is 0 Å². The molecule has 11 heteroatoms. The number of hydrogen-bond donors (Lipinski definition) is 1. The van der Waals surface area contributed by atoms with E-state index in [1.807, 2.05) is 30.3 Å². The van der Waals surface area contributed by atoms with Gasteiger partial charge in [-0.15, -0.1) is 5.10 Å². The lowest BCUT2D eigenvalue weighted by Crippen LogP contribution is -2.39. The number of carbonyl (C=O) groups is 2. The molecule has 0 aliphatic carbocycles. The normalized spacial score (nSPS) is 17.5. The zero-order valence-corrected chi connectivity index (χ0v) is 17.7. The summed E-state index contributed by atoms with van der Waals surface area (Å²) in [7, 11) is 1.68. The van der Waals surface area contributed by atoms with Crippen molar-refractivity contribution in [1.82, 2.24) is 35.0 Å². The summed E-state index contributed by atoms with van der Waals surface area (Å²) >= 11 is 0. The van der Waals surface area contributed by atoms with E-state index in [2.05, 4.69) is 20.7 Å². The van der Waals surface area contributed by atoms with Gasteiger partial charge in [-0.2, -0.15) is 5.10 Å². The number of aryl methyl sites for hydroxylation is 1. The maximum absolute atomic E-state index is 14.2. The summed E-state index contributed by atoms with van der Waals surface area (Å²) in [5, 5.41) is 14.5. The molecule has 9 nitrogen and oxygen atoms in total. The molecule has 1 atom stereocenters. The highest BCUT2D eigenvalue weighted by Crippen LogP contribution is 2.34. The first-order valence-electron chi connectivity index (χ1n) is 10.1. The van der Waals surface area contributed by atoms with Crippen LogP contribution in [0.15, 0.2) is 42.7 Å². The molecule has 168 valence electrons. The molecule has 4 rings (SSSR count). The SMILES string of the molecule is Cc1c(C(=O)N2CC(F)(F)C[C@H]2Cn2cc(C(=O)NCc3ccccc3)nn2)cnn1C. The number of likely N-dealkylation sites (tertiary alicyclic amines) is 1. The van der Waals surface area contributed by atoms with Gasteiger partial charge in [0.1, 0.15) is 0 Å². The van der Waals surface area contributed by atoms with Crippen LogP contribution in [0.2, 0.25) is 0 Å². The van der Waals surface area contributed by atoms with E-state index in [1.165, 1.54) is 21.8 Å². The van der Waals surface area contributed by atoms with Crippen LogP contribution in [0.4, 0.5) is 8.78 Å². The number of alkyl halides is 2. The molecule has 32 heavy (non-hydrogen) atoms. The molecule has 3 aromatic rings. The van der Waals surface area contributed by atoms with Crippen molar-refractivity contribution >= 4 is 11.8 Å². The number of amides is 2. The van der Waals surface area contributed by atoms with Crippen molar-refractivity contribution in [1.29, 1.82) is 0 Å². The fraction of sp³-hybridized carbons (Fsp3) is 0.381. The number of halogens is 2. The average molecular weight is 443 g/mol. The lowest BCUT2D eigenvalue weighted by molar-refractivity contribution is 0.0117. The van der Waals surface area contributed by atoms with E-state index in [0.29, 0.717) is 12.2 Å². The lowest BCUT2D eigenvalue weighted by atomic mass is 10.1. The molecule has 1 N–H and O–H groups in total. The Morgan fingerprint density at radius 2 is 2.00 bits per heavy atom. The molecule has 0 unspecified atom stereocenters. The van der Waals surface area contributed by atoms with Crippen molar-refractivity contribution in [2.24, 2.45) is 7.05 Å². The molecule has 0 spiro atoms. The van der Waals surface area contributed by atoms with Gasteiger partial charge in [-0.1, -0.05) is 35.5 Å². The Morgan fingerprint density at radius 1 is 1.25 bits per heavy atom. The van der Waals surface area contributed by atoms with Crippen LogP contribution in [0.1, 0.15) is 38.5 Å². The van der Waals surface area contributed by atoms with E-state index in [4.69, 9.17) is 0 Å². The number of rotatable bonds is 6. The van der Waals surface area contributed by atoms with Crippen LogP contribution in [-0.4, -0.2) is 60.0 Å². The largest absolute Gasteiger partial charge is 0.347 e. The van der Waals surface area contributed by atoms with E-state index >= 15 is 0 Å². The molecule has 1 aliphatic heterocycles.